The van der Waals surface area contributed by atoms with E-state index >= 15 is 0 Å². The number of hydrogen-bond acceptors (Lipinski definition) is 3. The summed E-state index contributed by atoms with van der Waals surface area (Å²) >= 11 is 0. The quantitative estimate of drug-likeness (QED) is 0.886. The molecule has 0 saturated carbocycles. The van der Waals surface area contributed by atoms with E-state index in [2.05, 4.69) is 4.98 Å². The minimum atomic E-state index is -0.486. The van der Waals surface area contributed by atoms with Gasteiger partial charge >= 0.3 is 0 Å². The Bertz CT molecular complexity index is 568. The zero-order valence-electron chi connectivity index (χ0n) is 11.0. The normalized spacial score (nSPS) is 14.4. The summed E-state index contributed by atoms with van der Waals surface area (Å²) in [5.41, 5.74) is 8.02. The third-order valence-corrected chi connectivity index (χ3v) is 3.37. The average molecular weight is 263 g/mol. The molecule has 0 radical (unpaired) electrons. The fraction of sp³-hybridized carbons (Fsp3) is 0.357. The van der Waals surface area contributed by atoms with Gasteiger partial charge in [0.25, 0.3) is 0 Å². The number of halogens is 1. The molecule has 1 aromatic heterocycles. The van der Waals surface area contributed by atoms with Crippen molar-refractivity contribution in [2.24, 2.45) is 5.73 Å². The second kappa shape index (κ2) is 5.50. The molecule has 0 fully saturated rings. The summed E-state index contributed by atoms with van der Waals surface area (Å²) in [4.78, 5) is 4.06. The van der Waals surface area contributed by atoms with E-state index in [1.165, 1.54) is 6.07 Å². The molecule has 102 valence electrons. The predicted molar refractivity (Wildman–Crippen MR) is 71.2 cm³/mol. The maximum Gasteiger partial charge on any atom is 0.126 e. The monoisotopic (exact) mass is 263 g/mol. The molecule has 19 heavy (non-hydrogen) atoms. The molecule has 3 N–H and O–H groups in total. The van der Waals surface area contributed by atoms with Gasteiger partial charge < -0.3 is 15.4 Å². The van der Waals surface area contributed by atoms with E-state index in [1.54, 1.807) is 25.5 Å². The van der Waals surface area contributed by atoms with Gasteiger partial charge in [-0.05, 0) is 31.0 Å². The van der Waals surface area contributed by atoms with Crippen molar-refractivity contribution < 1.29 is 9.50 Å². The lowest BCUT2D eigenvalue weighted by Crippen LogP contribution is -2.20. The van der Waals surface area contributed by atoms with Crippen molar-refractivity contribution in [2.75, 3.05) is 6.61 Å². The highest BCUT2D eigenvalue weighted by Crippen LogP contribution is 2.23. The average Bonchev–Trinajstić information content (AvgIpc) is 2.89. The van der Waals surface area contributed by atoms with E-state index in [9.17, 15) is 4.39 Å². The molecule has 0 aliphatic carbocycles. The molecular formula is C14H18FN3O. The van der Waals surface area contributed by atoms with Gasteiger partial charge in [0.1, 0.15) is 5.82 Å². The molecule has 2 rings (SSSR count). The van der Waals surface area contributed by atoms with Gasteiger partial charge in [0, 0.05) is 6.20 Å². The number of hydrogen-bond donors (Lipinski definition) is 2. The van der Waals surface area contributed by atoms with Gasteiger partial charge in [-0.3, -0.25) is 0 Å². The molecule has 0 aliphatic heterocycles. The maximum absolute atomic E-state index is 13.6. The molecular weight excluding hydrogens is 245 g/mol. The second-order valence-electron chi connectivity index (χ2n) is 4.70. The van der Waals surface area contributed by atoms with Gasteiger partial charge in [0.05, 0.1) is 30.7 Å². The number of aryl methyl sites for hydroxylation is 1. The number of aliphatic hydroxyl groups excluding tert-OH is 1. The zero-order valence-corrected chi connectivity index (χ0v) is 11.0. The van der Waals surface area contributed by atoms with E-state index in [1.807, 2.05) is 17.6 Å². The standard InChI is InChI=1S/C14H18FN3O/c1-9-3-4-11(5-12(9)15)10(2)18-8-17-6-14(18)13(16)7-19/h3-6,8,10,13,19H,7,16H2,1-2H3. The van der Waals surface area contributed by atoms with Crippen molar-refractivity contribution in [1.82, 2.24) is 9.55 Å². The molecule has 4 nitrogen and oxygen atoms in total. The first kappa shape index (κ1) is 13.7. The molecule has 2 aromatic rings. The lowest BCUT2D eigenvalue weighted by atomic mass is 10.1. The van der Waals surface area contributed by atoms with Crippen LogP contribution in [0.2, 0.25) is 0 Å². The summed E-state index contributed by atoms with van der Waals surface area (Å²) < 4.78 is 15.5. The third kappa shape index (κ3) is 2.67. The topological polar surface area (TPSA) is 64.1 Å². The number of aliphatic hydroxyl groups is 1. The van der Waals surface area contributed by atoms with Crippen LogP contribution in [0.3, 0.4) is 0 Å². The van der Waals surface area contributed by atoms with Gasteiger partial charge in [-0.1, -0.05) is 12.1 Å². The van der Waals surface area contributed by atoms with Crippen LogP contribution in [0.1, 0.15) is 35.8 Å². The van der Waals surface area contributed by atoms with Crippen LogP contribution >= 0.6 is 0 Å². The van der Waals surface area contributed by atoms with E-state index in [4.69, 9.17) is 10.8 Å². The molecule has 5 heteroatoms. The predicted octanol–water partition coefficient (Wildman–Crippen LogP) is 1.93. The van der Waals surface area contributed by atoms with Crippen LogP contribution < -0.4 is 5.73 Å². The van der Waals surface area contributed by atoms with Crippen molar-refractivity contribution >= 4 is 0 Å². The zero-order chi connectivity index (χ0) is 14.0. The minimum Gasteiger partial charge on any atom is -0.394 e. The Morgan fingerprint density at radius 2 is 2.21 bits per heavy atom. The Balaban J connectivity index is 2.36. The van der Waals surface area contributed by atoms with Crippen LogP contribution in [0, 0.1) is 12.7 Å². The SMILES string of the molecule is Cc1ccc(C(C)n2cncc2C(N)CO)cc1F. The summed E-state index contributed by atoms with van der Waals surface area (Å²) in [7, 11) is 0. The number of aromatic nitrogens is 2. The maximum atomic E-state index is 13.6. The number of imidazole rings is 1. The number of nitrogens with zero attached hydrogens (tertiary/aromatic N) is 2. The Kier molecular flexibility index (Phi) is 3.97. The molecule has 0 amide bonds. The summed E-state index contributed by atoms with van der Waals surface area (Å²) in [5.74, 6) is -0.225. The Morgan fingerprint density at radius 3 is 2.84 bits per heavy atom. The highest BCUT2D eigenvalue weighted by atomic mass is 19.1. The first-order valence-corrected chi connectivity index (χ1v) is 6.18. The molecule has 0 aliphatic rings. The van der Waals surface area contributed by atoms with E-state index < -0.39 is 6.04 Å². The van der Waals surface area contributed by atoms with Crippen LogP contribution in [0.5, 0.6) is 0 Å². The number of benzene rings is 1. The largest absolute Gasteiger partial charge is 0.394 e. The number of rotatable bonds is 4. The van der Waals surface area contributed by atoms with Crippen LogP contribution in [0.4, 0.5) is 4.39 Å². The highest BCUT2D eigenvalue weighted by Gasteiger charge is 2.16. The minimum absolute atomic E-state index is 0.0924. The van der Waals surface area contributed by atoms with Crippen LogP contribution in [-0.2, 0) is 0 Å². The van der Waals surface area contributed by atoms with Crippen molar-refractivity contribution in [2.45, 2.75) is 25.9 Å². The first-order chi connectivity index (χ1) is 9.04. The van der Waals surface area contributed by atoms with Crippen molar-refractivity contribution in [3.63, 3.8) is 0 Å². The van der Waals surface area contributed by atoms with Crippen molar-refractivity contribution in [1.29, 1.82) is 0 Å². The molecule has 0 spiro atoms. The van der Waals surface area contributed by atoms with Gasteiger partial charge in [0.2, 0.25) is 0 Å². The fourth-order valence-corrected chi connectivity index (χ4v) is 2.05. The molecule has 1 aromatic carbocycles. The third-order valence-electron chi connectivity index (χ3n) is 3.37. The molecule has 2 atom stereocenters. The lowest BCUT2D eigenvalue weighted by Gasteiger charge is -2.19. The van der Waals surface area contributed by atoms with Crippen LogP contribution in [-0.4, -0.2) is 21.3 Å². The summed E-state index contributed by atoms with van der Waals surface area (Å²) in [6.45, 7) is 3.52. The second-order valence-corrected chi connectivity index (χ2v) is 4.70. The Hall–Kier alpha value is -1.72. The summed E-state index contributed by atoms with van der Waals surface area (Å²) in [6.07, 6.45) is 3.27. The summed E-state index contributed by atoms with van der Waals surface area (Å²) in [5, 5.41) is 9.14. The van der Waals surface area contributed by atoms with Gasteiger partial charge in [-0.2, -0.15) is 0 Å². The van der Waals surface area contributed by atoms with Gasteiger partial charge in [-0.15, -0.1) is 0 Å². The molecule has 0 bridgehead atoms. The molecule has 1 heterocycles. The highest BCUT2D eigenvalue weighted by molar-refractivity contribution is 5.27. The van der Waals surface area contributed by atoms with Crippen molar-refractivity contribution in [3.05, 3.63) is 53.4 Å². The summed E-state index contributed by atoms with van der Waals surface area (Å²) in [6, 6.07) is 4.58. The smallest absolute Gasteiger partial charge is 0.126 e. The van der Waals surface area contributed by atoms with Crippen LogP contribution in [0.25, 0.3) is 0 Å². The Morgan fingerprint density at radius 1 is 1.47 bits per heavy atom. The molecule has 0 saturated heterocycles. The molecule has 2 unspecified atom stereocenters. The van der Waals surface area contributed by atoms with Gasteiger partial charge in [-0.25, -0.2) is 9.37 Å². The fourth-order valence-electron chi connectivity index (χ4n) is 2.05. The van der Waals surface area contributed by atoms with E-state index in [0.717, 1.165) is 11.3 Å². The van der Waals surface area contributed by atoms with Crippen molar-refractivity contribution in [3.8, 4) is 0 Å². The number of nitrogens with two attached hydrogens (primary N) is 1. The lowest BCUT2D eigenvalue weighted by molar-refractivity contribution is 0.262. The Labute approximate surface area is 111 Å². The van der Waals surface area contributed by atoms with E-state index in [0.29, 0.717) is 5.56 Å². The van der Waals surface area contributed by atoms with E-state index in [-0.39, 0.29) is 18.5 Å². The first-order valence-electron chi connectivity index (χ1n) is 6.18. The van der Waals surface area contributed by atoms with Crippen LogP contribution in [0.15, 0.2) is 30.7 Å². The van der Waals surface area contributed by atoms with Gasteiger partial charge in [0.15, 0.2) is 0 Å².